The molecule has 0 saturated carbocycles. The third-order valence-corrected chi connectivity index (χ3v) is 2.71. The van der Waals surface area contributed by atoms with Crippen molar-refractivity contribution in [3.05, 3.63) is 22.4 Å². The van der Waals surface area contributed by atoms with Crippen molar-refractivity contribution in [2.24, 2.45) is 0 Å². The SMILES string of the molecule is CNC(CCC(F)(F)F)c1ccsc1. The van der Waals surface area contributed by atoms with E-state index >= 15 is 0 Å². The van der Waals surface area contributed by atoms with Crippen LogP contribution in [0.5, 0.6) is 0 Å². The molecule has 0 aliphatic rings. The number of nitrogens with one attached hydrogen (secondary N) is 1. The Labute approximate surface area is 84.9 Å². The molecule has 1 atom stereocenters. The molecule has 0 fully saturated rings. The van der Waals surface area contributed by atoms with Gasteiger partial charge in [0, 0.05) is 12.5 Å². The second kappa shape index (κ2) is 4.79. The molecule has 0 bridgehead atoms. The van der Waals surface area contributed by atoms with Crippen LogP contribution in [0.15, 0.2) is 16.8 Å². The van der Waals surface area contributed by atoms with E-state index in [2.05, 4.69) is 5.32 Å². The molecule has 1 aromatic heterocycles. The first-order valence-corrected chi connectivity index (χ1v) is 5.23. The van der Waals surface area contributed by atoms with Crippen LogP contribution in [0.1, 0.15) is 24.4 Å². The molecule has 1 unspecified atom stereocenters. The van der Waals surface area contributed by atoms with Gasteiger partial charge in [-0.2, -0.15) is 24.5 Å². The number of hydrogen-bond acceptors (Lipinski definition) is 2. The third kappa shape index (κ3) is 3.67. The van der Waals surface area contributed by atoms with Crippen molar-refractivity contribution in [3.63, 3.8) is 0 Å². The summed E-state index contributed by atoms with van der Waals surface area (Å²) in [5.41, 5.74) is 0.932. The van der Waals surface area contributed by atoms with Crippen LogP contribution in [-0.2, 0) is 0 Å². The third-order valence-electron chi connectivity index (χ3n) is 2.01. The average Bonchev–Trinajstić information content (AvgIpc) is 2.56. The predicted octanol–water partition coefficient (Wildman–Crippen LogP) is 3.35. The highest BCUT2D eigenvalue weighted by molar-refractivity contribution is 7.07. The second-order valence-electron chi connectivity index (χ2n) is 3.05. The summed E-state index contributed by atoms with van der Waals surface area (Å²) in [4.78, 5) is 0. The lowest BCUT2D eigenvalue weighted by atomic mass is 10.1. The molecule has 5 heteroatoms. The Bertz CT molecular complexity index is 256. The molecule has 0 aromatic carbocycles. The van der Waals surface area contributed by atoms with Crippen molar-refractivity contribution in [2.75, 3.05) is 7.05 Å². The van der Waals surface area contributed by atoms with Crippen molar-refractivity contribution in [1.29, 1.82) is 0 Å². The molecule has 0 amide bonds. The minimum absolute atomic E-state index is 0.0940. The van der Waals surface area contributed by atoms with Crippen LogP contribution in [0, 0.1) is 0 Å². The van der Waals surface area contributed by atoms with E-state index in [1.807, 2.05) is 16.8 Å². The van der Waals surface area contributed by atoms with Gasteiger partial charge in [-0.1, -0.05) is 0 Å². The van der Waals surface area contributed by atoms with Crippen molar-refractivity contribution >= 4 is 11.3 Å². The number of thiophene rings is 1. The number of rotatable bonds is 4. The van der Waals surface area contributed by atoms with Crippen LogP contribution < -0.4 is 5.32 Å². The largest absolute Gasteiger partial charge is 0.389 e. The molecular formula is C9H12F3NS. The van der Waals surface area contributed by atoms with E-state index in [0.29, 0.717) is 0 Å². The van der Waals surface area contributed by atoms with Gasteiger partial charge in [-0.25, -0.2) is 0 Å². The van der Waals surface area contributed by atoms with Crippen molar-refractivity contribution in [2.45, 2.75) is 25.1 Å². The first kappa shape index (κ1) is 11.5. The van der Waals surface area contributed by atoms with E-state index < -0.39 is 12.6 Å². The van der Waals surface area contributed by atoms with Crippen LogP contribution in [0.3, 0.4) is 0 Å². The Kier molecular flexibility index (Phi) is 3.95. The lowest BCUT2D eigenvalue weighted by molar-refractivity contribution is -0.136. The second-order valence-corrected chi connectivity index (χ2v) is 3.83. The summed E-state index contributed by atoms with van der Waals surface area (Å²) >= 11 is 1.50. The van der Waals surface area contributed by atoms with E-state index in [1.54, 1.807) is 7.05 Å². The van der Waals surface area contributed by atoms with Crippen LogP contribution in [0.25, 0.3) is 0 Å². The van der Waals surface area contributed by atoms with E-state index in [9.17, 15) is 13.2 Å². The lowest BCUT2D eigenvalue weighted by Gasteiger charge is -2.15. The molecule has 0 aliphatic heterocycles. The maximum Gasteiger partial charge on any atom is 0.389 e. The first-order chi connectivity index (χ1) is 6.53. The minimum atomic E-state index is -4.06. The monoisotopic (exact) mass is 223 g/mol. The highest BCUT2D eigenvalue weighted by Gasteiger charge is 2.28. The Hall–Kier alpha value is -0.550. The molecule has 0 radical (unpaired) electrons. The van der Waals surface area contributed by atoms with Gasteiger partial charge in [0.05, 0.1) is 0 Å². The van der Waals surface area contributed by atoms with Crippen LogP contribution in [0.2, 0.25) is 0 Å². The van der Waals surface area contributed by atoms with Gasteiger partial charge in [0.1, 0.15) is 0 Å². The molecule has 1 nitrogen and oxygen atoms in total. The Balaban J connectivity index is 2.49. The van der Waals surface area contributed by atoms with Crippen LogP contribution in [0.4, 0.5) is 13.2 Å². The van der Waals surface area contributed by atoms with Gasteiger partial charge in [0.15, 0.2) is 0 Å². The maximum absolute atomic E-state index is 12.0. The van der Waals surface area contributed by atoms with Gasteiger partial charge in [0.25, 0.3) is 0 Å². The Morgan fingerprint density at radius 3 is 2.64 bits per heavy atom. The van der Waals surface area contributed by atoms with Gasteiger partial charge in [0.2, 0.25) is 0 Å². The van der Waals surface area contributed by atoms with Gasteiger partial charge in [-0.05, 0) is 35.9 Å². The normalized spacial score (nSPS) is 14.3. The number of alkyl halides is 3. The van der Waals surface area contributed by atoms with Gasteiger partial charge in [-0.15, -0.1) is 0 Å². The standard InChI is InChI=1S/C9H12F3NS/c1-13-8(2-4-9(10,11)12)7-3-5-14-6-7/h3,5-6,8,13H,2,4H2,1H3. The summed E-state index contributed by atoms with van der Waals surface area (Å²) in [5.74, 6) is 0. The first-order valence-electron chi connectivity index (χ1n) is 4.29. The molecule has 14 heavy (non-hydrogen) atoms. The lowest BCUT2D eigenvalue weighted by Crippen LogP contribution is -2.19. The average molecular weight is 223 g/mol. The van der Waals surface area contributed by atoms with Crippen molar-refractivity contribution in [1.82, 2.24) is 5.32 Å². The molecule has 1 N–H and O–H groups in total. The topological polar surface area (TPSA) is 12.0 Å². The number of halogens is 3. The fraction of sp³-hybridized carbons (Fsp3) is 0.556. The zero-order valence-electron chi connectivity index (χ0n) is 7.77. The summed E-state index contributed by atoms with van der Waals surface area (Å²) in [6.07, 6.45) is -4.71. The highest BCUT2D eigenvalue weighted by Crippen LogP contribution is 2.28. The number of hydrogen-bond donors (Lipinski definition) is 1. The Morgan fingerprint density at radius 2 is 2.21 bits per heavy atom. The van der Waals surface area contributed by atoms with Crippen LogP contribution in [-0.4, -0.2) is 13.2 Å². The van der Waals surface area contributed by atoms with E-state index in [-0.39, 0.29) is 12.5 Å². The molecule has 80 valence electrons. The van der Waals surface area contributed by atoms with E-state index in [0.717, 1.165) is 5.56 Å². The molecule has 1 aromatic rings. The maximum atomic E-state index is 12.0. The molecular weight excluding hydrogens is 211 g/mol. The summed E-state index contributed by atoms with van der Waals surface area (Å²) in [6.45, 7) is 0. The van der Waals surface area contributed by atoms with Crippen molar-refractivity contribution < 1.29 is 13.2 Å². The van der Waals surface area contributed by atoms with E-state index in [4.69, 9.17) is 0 Å². The summed E-state index contributed by atoms with van der Waals surface area (Å²) in [6, 6.07) is 1.66. The molecule has 0 spiro atoms. The summed E-state index contributed by atoms with van der Waals surface area (Å²) in [5, 5.41) is 6.62. The molecule has 0 saturated heterocycles. The fourth-order valence-electron chi connectivity index (χ4n) is 1.26. The highest BCUT2D eigenvalue weighted by atomic mass is 32.1. The molecule has 1 rings (SSSR count). The quantitative estimate of drug-likeness (QED) is 0.825. The fourth-order valence-corrected chi connectivity index (χ4v) is 1.97. The minimum Gasteiger partial charge on any atom is -0.313 e. The van der Waals surface area contributed by atoms with Crippen LogP contribution >= 0.6 is 11.3 Å². The molecule has 1 heterocycles. The zero-order valence-corrected chi connectivity index (χ0v) is 8.58. The summed E-state index contributed by atoms with van der Waals surface area (Å²) < 4.78 is 35.9. The van der Waals surface area contributed by atoms with E-state index in [1.165, 1.54) is 11.3 Å². The smallest absolute Gasteiger partial charge is 0.313 e. The summed E-state index contributed by atoms with van der Waals surface area (Å²) in [7, 11) is 1.68. The predicted molar refractivity (Wildman–Crippen MR) is 51.4 cm³/mol. The zero-order chi connectivity index (χ0) is 10.6. The Morgan fingerprint density at radius 1 is 1.50 bits per heavy atom. The van der Waals surface area contributed by atoms with Crippen molar-refractivity contribution in [3.8, 4) is 0 Å². The van der Waals surface area contributed by atoms with Gasteiger partial charge < -0.3 is 5.32 Å². The molecule has 0 aliphatic carbocycles. The van der Waals surface area contributed by atoms with Gasteiger partial charge >= 0.3 is 6.18 Å². The van der Waals surface area contributed by atoms with Gasteiger partial charge in [-0.3, -0.25) is 0 Å².